The Balaban J connectivity index is 1.52. The van der Waals surface area contributed by atoms with Crippen molar-refractivity contribution < 1.29 is 14.4 Å². The normalized spacial score (nSPS) is 10.4. The number of benzene rings is 1. The SMILES string of the molecule is CCc1ccc(NC(=O)C(=O)NCc2ccc(C(=O)c3cccs3)s2)cc1. The second kappa shape index (κ2) is 8.75. The zero-order valence-electron chi connectivity index (χ0n) is 14.7. The summed E-state index contributed by atoms with van der Waals surface area (Å²) in [6, 6.07) is 14.5. The molecule has 0 aliphatic rings. The fourth-order valence-corrected chi connectivity index (χ4v) is 4.03. The zero-order chi connectivity index (χ0) is 19.2. The van der Waals surface area contributed by atoms with Crippen LogP contribution in [0.3, 0.4) is 0 Å². The maximum Gasteiger partial charge on any atom is 0.313 e. The molecule has 0 atom stereocenters. The van der Waals surface area contributed by atoms with Gasteiger partial charge in [-0.2, -0.15) is 0 Å². The number of thiophene rings is 2. The van der Waals surface area contributed by atoms with Crippen LogP contribution in [0.4, 0.5) is 5.69 Å². The molecule has 2 aromatic heterocycles. The van der Waals surface area contributed by atoms with E-state index in [2.05, 4.69) is 10.6 Å². The molecule has 0 fully saturated rings. The van der Waals surface area contributed by atoms with E-state index >= 15 is 0 Å². The number of hydrogen-bond acceptors (Lipinski definition) is 5. The predicted octanol–water partition coefficient (Wildman–Crippen LogP) is 3.86. The van der Waals surface area contributed by atoms with E-state index in [-0.39, 0.29) is 12.3 Å². The van der Waals surface area contributed by atoms with Crippen molar-refractivity contribution in [1.82, 2.24) is 5.32 Å². The summed E-state index contributed by atoms with van der Waals surface area (Å²) < 4.78 is 0. The molecule has 3 rings (SSSR count). The molecule has 0 saturated heterocycles. The van der Waals surface area contributed by atoms with Crippen LogP contribution >= 0.6 is 22.7 Å². The first-order valence-electron chi connectivity index (χ1n) is 8.42. The third-order valence-electron chi connectivity index (χ3n) is 3.88. The number of hydrogen-bond donors (Lipinski definition) is 2. The van der Waals surface area contributed by atoms with Gasteiger partial charge in [0.2, 0.25) is 5.78 Å². The van der Waals surface area contributed by atoms with Gasteiger partial charge in [-0.1, -0.05) is 25.1 Å². The highest BCUT2D eigenvalue weighted by Gasteiger charge is 2.16. The summed E-state index contributed by atoms with van der Waals surface area (Å²) in [5, 5.41) is 7.01. The molecule has 2 heterocycles. The van der Waals surface area contributed by atoms with Gasteiger partial charge in [0.15, 0.2) is 0 Å². The molecular formula is C20H18N2O3S2. The molecule has 138 valence electrons. The Bertz CT molecular complexity index is 944. The first kappa shape index (κ1) is 19.0. The lowest BCUT2D eigenvalue weighted by atomic mass is 10.1. The van der Waals surface area contributed by atoms with Gasteiger partial charge in [0, 0.05) is 10.6 Å². The maximum atomic E-state index is 12.3. The van der Waals surface area contributed by atoms with E-state index < -0.39 is 11.8 Å². The second-order valence-corrected chi connectivity index (χ2v) is 7.88. The minimum Gasteiger partial charge on any atom is -0.343 e. The Kier molecular flexibility index (Phi) is 6.16. The molecule has 0 aliphatic heterocycles. The van der Waals surface area contributed by atoms with Crippen LogP contribution in [-0.2, 0) is 22.6 Å². The number of rotatable bonds is 6. The van der Waals surface area contributed by atoms with Gasteiger partial charge in [-0.15, -0.1) is 22.7 Å². The third kappa shape index (κ3) is 4.90. The Morgan fingerprint density at radius 2 is 1.70 bits per heavy atom. The van der Waals surface area contributed by atoms with Crippen LogP contribution in [0.2, 0.25) is 0 Å². The molecular weight excluding hydrogens is 380 g/mol. The van der Waals surface area contributed by atoms with Crippen LogP contribution in [0, 0.1) is 0 Å². The first-order valence-corrected chi connectivity index (χ1v) is 10.1. The molecule has 2 N–H and O–H groups in total. The number of aryl methyl sites for hydroxylation is 1. The largest absolute Gasteiger partial charge is 0.343 e. The summed E-state index contributed by atoms with van der Waals surface area (Å²) >= 11 is 2.71. The van der Waals surface area contributed by atoms with Gasteiger partial charge in [0.1, 0.15) is 0 Å². The molecule has 0 unspecified atom stereocenters. The van der Waals surface area contributed by atoms with Crippen molar-refractivity contribution in [3.63, 3.8) is 0 Å². The molecule has 0 aliphatic carbocycles. The Hall–Kier alpha value is -2.77. The van der Waals surface area contributed by atoms with Crippen molar-refractivity contribution >= 4 is 46.0 Å². The molecule has 0 radical (unpaired) electrons. The lowest BCUT2D eigenvalue weighted by molar-refractivity contribution is -0.136. The van der Waals surface area contributed by atoms with E-state index in [1.165, 1.54) is 22.7 Å². The third-order valence-corrected chi connectivity index (χ3v) is 5.83. The number of nitrogens with one attached hydrogen (secondary N) is 2. The number of carbonyl (C=O) groups is 3. The van der Waals surface area contributed by atoms with Crippen molar-refractivity contribution in [1.29, 1.82) is 0 Å². The Morgan fingerprint density at radius 3 is 2.37 bits per heavy atom. The van der Waals surface area contributed by atoms with Gasteiger partial charge in [-0.3, -0.25) is 14.4 Å². The fourth-order valence-electron chi connectivity index (χ4n) is 2.38. The van der Waals surface area contributed by atoms with Crippen LogP contribution in [0.1, 0.15) is 31.9 Å². The van der Waals surface area contributed by atoms with Gasteiger partial charge in [-0.05, 0) is 47.7 Å². The van der Waals surface area contributed by atoms with Crippen molar-refractivity contribution in [2.24, 2.45) is 0 Å². The summed E-state index contributed by atoms with van der Waals surface area (Å²) in [4.78, 5) is 38.4. The smallest absolute Gasteiger partial charge is 0.313 e. The monoisotopic (exact) mass is 398 g/mol. The molecule has 1 aromatic carbocycles. The highest BCUT2D eigenvalue weighted by atomic mass is 32.1. The average molecular weight is 399 g/mol. The van der Waals surface area contributed by atoms with Crippen molar-refractivity contribution in [2.45, 2.75) is 19.9 Å². The lowest BCUT2D eigenvalue weighted by Gasteiger charge is -2.06. The number of anilines is 1. The minimum absolute atomic E-state index is 0.0270. The van der Waals surface area contributed by atoms with E-state index in [4.69, 9.17) is 0 Å². The van der Waals surface area contributed by atoms with Crippen molar-refractivity contribution in [3.8, 4) is 0 Å². The predicted molar refractivity (Wildman–Crippen MR) is 108 cm³/mol. The highest BCUT2D eigenvalue weighted by Crippen LogP contribution is 2.22. The quantitative estimate of drug-likeness (QED) is 0.489. The molecule has 7 heteroatoms. The van der Waals surface area contributed by atoms with E-state index in [0.29, 0.717) is 15.4 Å². The number of ketones is 1. The Morgan fingerprint density at radius 1 is 0.926 bits per heavy atom. The number of carbonyl (C=O) groups excluding carboxylic acids is 3. The van der Waals surface area contributed by atoms with Gasteiger partial charge < -0.3 is 10.6 Å². The van der Waals surface area contributed by atoms with E-state index in [1.807, 2.05) is 30.5 Å². The van der Waals surface area contributed by atoms with Crippen LogP contribution in [0.25, 0.3) is 0 Å². The first-order chi connectivity index (χ1) is 13.1. The molecule has 0 spiro atoms. The molecule has 27 heavy (non-hydrogen) atoms. The summed E-state index contributed by atoms with van der Waals surface area (Å²) in [5.41, 5.74) is 1.73. The van der Waals surface area contributed by atoms with E-state index in [1.54, 1.807) is 30.3 Å². The molecule has 2 amide bonds. The van der Waals surface area contributed by atoms with Crippen LogP contribution in [0.5, 0.6) is 0 Å². The molecule has 3 aromatic rings. The highest BCUT2D eigenvalue weighted by molar-refractivity contribution is 7.16. The summed E-state index contributed by atoms with van der Waals surface area (Å²) in [6.45, 7) is 2.24. The van der Waals surface area contributed by atoms with Gasteiger partial charge in [-0.25, -0.2) is 0 Å². The Labute approximate surface area is 165 Å². The molecule has 5 nitrogen and oxygen atoms in total. The summed E-state index contributed by atoms with van der Waals surface area (Å²) in [5.74, 6) is -1.46. The maximum absolute atomic E-state index is 12.3. The van der Waals surface area contributed by atoms with Gasteiger partial charge in [0.25, 0.3) is 0 Å². The summed E-state index contributed by atoms with van der Waals surface area (Å²) in [6.07, 6.45) is 0.909. The minimum atomic E-state index is -0.717. The van der Waals surface area contributed by atoms with Gasteiger partial charge >= 0.3 is 11.8 Å². The average Bonchev–Trinajstić information content (AvgIpc) is 3.38. The van der Waals surface area contributed by atoms with Crippen LogP contribution in [-0.4, -0.2) is 17.6 Å². The number of amides is 2. The standard InChI is InChI=1S/C20H18N2O3S2/c1-2-13-5-7-14(8-6-13)22-20(25)19(24)21-12-15-9-10-17(27-15)18(23)16-4-3-11-26-16/h3-11H,2,12H2,1H3,(H,21,24)(H,22,25). The van der Waals surface area contributed by atoms with E-state index in [0.717, 1.165) is 16.9 Å². The van der Waals surface area contributed by atoms with Gasteiger partial charge in [0.05, 0.1) is 16.3 Å². The fraction of sp³-hybridized carbons (Fsp3) is 0.150. The second-order valence-electron chi connectivity index (χ2n) is 5.76. The van der Waals surface area contributed by atoms with Crippen molar-refractivity contribution in [3.05, 3.63) is 74.1 Å². The lowest BCUT2D eigenvalue weighted by Crippen LogP contribution is -2.34. The van der Waals surface area contributed by atoms with Crippen LogP contribution < -0.4 is 10.6 Å². The molecule has 0 bridgehead atoms. The topological polar surface area (TPSA) is 75.3 Å². The zero-order valence-corrected chi connectivity index (χ0v) is 16.3. The summed E-state index contributed by atoms with van der Waals surface area (Å²) in [7, 11) is 0. The van der Waals surface area contributed by atoms with Crippen LogP contribution in [0.15, 0.2) is 53.9 Å². The van der Waals surface area contributed by atoms with Crippen molar-refractivity contribution in [2.75, 3.05) is 5.32 Å². The van der Waals surface area contributed by atoms with E-state index in [9.17, 15) is 14.4 Å². The molecule has 0 saturated carbocycles.